The van der Waals surface area contributed by atoms with Gasteiger partial charge in [0.15, 0.2) is 0 Å². The second-order valence-corrected chi connectivity index (χ2v) is 7.78. The van der Waals surface area contributed by atoms with Crippen molar-refractivity contribution in [3.63, 3.8) is 0 Å². The normalized spacial score (nSPS) is 14.4. The molecule has 1 aliphatic rings. The lowest BCUT2D eigenvalue weighted by molar-refractivity contribution is 0.0945. The first kappa shape index (κ1) is 20.9. The van der Waals surface area contributed by atoms with Gasteiger partial charge < -0.3 is 15.4 Å². The lowest BCUT2D eigenvalue weighted by Crippen LogP contribution is -2.30. The molecule has 1 amide bonds. The van der Waals surface area contributed by atoms with Gasteiger partial charge in [0, 0.05) is 17.8 Å². The summed E-state index contributed by atoms with van der Waals surface area (Å²) in [6.45, 7) is 5.05. The molecule has 2 N–H and O–H groups in total. The van der Waals surface area contributed by atoms with Crippen LogP contribution in [0.3, 0.4) is 0 Å². The molecule has 9 heteroatoms. The number of hydrogen-bond donors (Lipinski definition) is 2. The van der Waals surface area contributed by atoms with Crippen molar-refractivity contribution in [2.24, 2.45) is 5.92 Å². The highest BCUT2D eigenvalue weighted by atomic mass is 16.5. The molecule has 0 unspecified atom stereocenters. The van der Waals surface area contributed by atoms with Gasteiger partial charge in [-0.3, -0.25) is 4.79 Å². The monoisotopic (exact) mass is 421 g/mol. The predicted molar refractivity (Wildman–Crippen MR) is 116 cm³/mol. The fraction of sp³-hybridized carbons (Fsp3) is 0.409. The van der Waals surface area contributed by atoms with E-state index in [1.165, 1.54) is 0 Å². The maximum absolute atomic E-state index is 12.7. The van der Waals surface area contributed by atoms with Crippen LogP contribution in [0.5, 0.6) is 5.75 Å². The second kappa shape index (κ2) is 9.65. The van der Waals surface area contributed by atoms with Crippen LogP contribution in [-0.2, 0) is 13.1 Å². The number of rotatable bonds is 7. The van der Waals surface area contributed by atoms with Crippen molar-refractivity contribution < 1.29 is 9.53 Å². The van der Waals surface area contributed by atoms with Gasteiger partial charge >= 0.3 is 0 Å². The molecule has 1 saturated heterocycles. The smallest absolute Gasteiger partial charge is 0.270 e. The fourth-order valence-corrected chi connectivity index (χ4v) is 3.70. The molecular weight excluding hydrogens is 394 g/mol. The number of amides is 1. The molecule has 0 aliphatic carbocycles. The first-order valence-corrected chi connectivity index (χ1v) is 10.5. The first-order valence-electron chi connectivity index (χ1n) is 10.5. The summed E-state index contributed by atoms with van der Waals surface area (Å²) in [5, 5.41) is 19.2. The summed E-state index contributed by atoms with van der Waals surface area (Å²) in [4.78, 5) is 18.7. The summed E-state index contributed by atoms with van der Waals surface area (Å²) >= 11 is 0. The molecule has 2 aromatic heterocycles. The molecule has 31 heavy (non-hydrogen) atoms. The Kier molecular flexibility index (Phi) is 6.51. The van der Waals surface area contributed by atoms with E-state index in [0.717, 1.165) is 55.0 Å². The van der Waals surface area contributed by atoms with Crippen LogP contribution in [0.15, 0.2) is 36.4 Å². The number of carbonyl (C=O) groups is 1. The maximum Gasteiger partial charge on any atom is 0.270 e. The van der Waals surface area contributed by atoms with E-state index in [1.807, 2.05) is 37.3 Å². The Morgan fingerprint density at radius 2 is 2.10 bits per heavy atom. The molecule has 0 bridgehead atoms. The molecular formula is C22H27N7O2. The van der Waals surface area contributed by atoms with Crippen molar-refractivity contribution in [3.8, 4) is 17.1 Å². The zero-order chi connectivity index (χ0) is 21.6. The zero-order valence-electron chi connectivity index (χ0n) is 17.8. The summed E-state index contributed by atoms with van der Waals surface area (Å²) in [6.07, 6.45) is 2.23. The lowest BCUT2D eigenvalue weighted by atomic mass is 9.99. The number of pyridine rings is 1. The first-order chi connectivity index (χ1) is 15.1. The van der Waals surface area contributed by atoms with Gasteiger partial charge in [0.25, 0.3) is 5.91 Å². The number of piperidine rings is 1. The van der Waals surface area contributed by atoms with Gasteiger partial charge in [-0.25, -0.2) is 4.98 Å². The average molecular weight is 422 g/mol. The molecule has 1 fully saturated rings. The van der Waals surface area contributed by atoms with Crippen molar-refractivity contribution in [3.05, 3.63) is 53.3 Å². The van der Waals surface area contributed by atoms with Gasteiger partial charge in [-0.05, 0) is 73.8 Å². The topological polar surface area (TPSA) is 107 Å². The second-order valence-electron chi connectivity index (χ2n) is 7.78. The number of methoxy groups -OCH3 is 1. The van der Waals surface area contributed by atoms with Gasteiger partial charge in [0.1, 0.15) is 11.4 Å². The van der Waals surface area contributed by atoms with Crippen LogP contribution in [0, 0.1) is 12.8 Å². The minimum Gasteiger partial charge on any atom is -0.497 e. The number of aromatic nitrogens is 5. The average Bonchev–Trinajstić information content (AvgIpc) is 3.26. The highest BCUT2D eigenvalue weighted by Gasteiger charge is 2.17. The van der Waals surface area contributed by atoms with E-state index < -0.39 is 0 Å². The Bertz CT molecular complexity index is 1040. The Balaban J connectivity index is 1.44. The van der Waals surface area contributed by atoms with Crippen LogP contribution in [0.2, 0.25) is 0 Å². The summed E-state index contributed by atoms with van der Waals surface area (Å²) < 4.78 is 5.23. The molecule has 1 aromatic carbocycles. The number of benzene rings is 1. The van der Waals surface area contributed by atoms with Crippen molar-refractivity contribution in [1.82, 2.24) is 35.8 Å². The Hall–Kier alpha value is -3.33. The van der Waals surface area contributed by atoms with Gasteiger partial charge in [0.2, 0.25) is 5.82 Å². The summed E-state index contributed by atoms with van der Waals surface area (Å²) in [6, 6.07) is 11.2. The van der Waals surface area contributed by atoms with E-state index in [1.54, 1.807) is 18.0 Å². The Morgan fingerprint density at radius 3 is 2.90 bits per heavy atom. The number of nitrogens with one attached hydrogen (secondary N) is 2. The molecule has 162 valence electrons. The SMILES string of the molecule is COc1cccc(CNC(=O)c2cc(-c3nnn(CC4CCNCC4)n3)cc(C)n2)c1. The molecule has 4 rings (SSSR count). The third-order valence-corrected chi connectivity index (χ3v) is 5.36. The molecule has 9 nitrogen and oxygen atoms in total. The number of hydrogen-bond acceptors (Lipinski definition) is 7. The number of ether oxygens (including phenoxy) is 1. The number of nitrogens with zero attached hydrogens (tertiary/aromatic N) is 5. The van der Waals surface area contributed by atoms with Gasteiger partial charge in [-0.2, -0.15) is 4.80 Å². The molecule has 3 aromatic rings. The Morgan fingerprint density at radius 1 is 1.26 bits per heavy atom. The quantitative estimate of drug-likeness (QED) is 0.601. The third kappa shape index (κ3) is 5.43. The number of carbonyl (C=O) groups excluding carboxylic acids is 1. The molecule has 0 atom stereocenters. The van der Waals surface area contributed by atoms with E-state index in [-0.39, 0.29) is 5.91 Å². The molecule has 3 heterocycles. The standard InChI is InChI=1S/C22H27N7O2/c1-15-10-18(21-26-28-29(27-21)14-16-6-8-23-9-7-16)12-20(25-15)22(30)24-13-17-4-3-5-19(11-17)31-2/h3-5,10-12,16,23H,6-9,13-14H2,1-2H3,(H,24,30). The summed E-state index contributed by atoms with van der Waals surface area (Å²) in [5.41, 5.74) is 2.73. The van der Waals surface area contributed by atoms with Crippen LogP contribution < -0.4 is 15.4 Å². The van der Waals surface area contributed by atoms with Crippen molar-refractivity contribution in [2.75, 3.05) is 20.2 Å². The highest BCUT2D eigenvalue weighted by molar-refractivity contribution is 5.93. The third-order valence-electron chi connectivity index (χ3n) is 5.36. The highest BCUT2D eigenvalue weighted by Crippen LogP contribution is 2.18. The predicted octanol–water partition coefficient (Wildman–Crippen LogP) is 1.98. The molecule has 0 spiro atoms. The van der Waals surface area contributed by atoms with E-state index >= 15 is 0 Å². The van der Waals surface area contributed by atoms with Crippen LogP contribution in [0.1, 0.15) is 34.6 Å². The zero-order valence-corrected chi connectivity index (χ0v) is 17.8. The largest absolute Gasteiger partial charge is 0.497 e. The number of aryl methyl sites for hydroxylation is 1. The van der Waals surface area contributed by atoms with Crippen molar-refractivity contribution >= 4 is 5.91 Å². The van der Waals surface area contributed by atoms with Crippen LogP contribution in [0.4, 0.5) is 0 Å². The van der Waals surface area contributed by atoms with Crippen molar-refractivity contribution in [2.45, 2.75) is 32.9 Å². The lowest BCUT2D eigenvalue weighted by Gasteiger charge is -2.21. The minimum absolute atomic E-state index is 0.255. The van der Waals surface area contributed by atoms with E-state index in [4.69, 9.17) is 4.74 Å². The molecule has 0 radical (unpaired) electrons. The number of tetrazole rings is 1. The van der Waals surface area contributed by atoms with Crippen LogP contribution in [0.25, 0.3) is 11.4 Å². The van der Waals surface area contributed by atoms with Gasteiger partial charge in [0.05, 0.1) is 13.7 Å². The Labute approximate surface area is 181 Å². The summed E-state index contributed by atoms with van der Waals surface area (Å²) in [7, 11) is 1.62. The maximum atomic E-state index is 12.7. The van der Waals surface area contributed by atoms with Crippen LogP contribution in [-0.4, -0.2) is 51.3 Å². The summed E-state index contributed by atoms with van der Waals surface area (Å²) in [5.74, 6) is 1.55. The van der Waals surface area contributed by atoms with E-state index in [2.05, 4.69) is 31.0 Å². The van der Waals surface area contributed by atoms with Crippen LogP contribution >= 0.6 is 0 Å². The van der Waals surface area contributed by atoms with Crippen molar-refractivity contribution in [1.29, 1.82) is 0 Å². The minimum atomic E-state index is -0.255. The molecule has 0 saturated carbocycles. The van der Waals surface area contributed by atoms with E-state index in [9.17, 15) is 4.79 Å². The van der Waals surface area contributed by atoms with Gasteiger partial charge in [-0.15, -0.1) is 10.2 Å². The van der Waals surface area contributed by atoms with E-state index in [0.29, 0.717) is 24.0 Å². The molecule has 1 aliphatic heterocycles. The fourth-order valence-electron chi connectivity index (χ4n) is 3.70. The van der Waals surface area contributed by atoms with Gasteiger partial charge in [-0.1, -0.05) is 12.1 Å².